The zero-order valence-corrected chi connectivity index (χ0v) is 9.97. The summed E-state index contributed by atoms with van der Waals surface area (Å²) in [5.41, 5.74) is 1.49. The molecule has 0 fully saturated rings. The highest BCUT2D eigenvalue weighted by Gasteiger charge is 2.24. The molecule has 0 radical (unpaired) electrons. The van der Waals surface area contributed by atoms with Crippen LogP contribution >= 0.6 is 0 Å². The fourth-order valence-electron chi connectivity index (χ4n) is 1.92. The van der Waals surface area contributed by atoms with Crippen molar-refractivity contribution in [2.24, 2.45) is 0 Å². The largest absolute Gasteiger partial charge is 0.481 e. The van der Waals surface area contributed by atoms with E-state index < -0.39 is 11.4 Å². The molecule has 0 amide bonds. The molecule has 0 bridgehead atoms. The number of hydrogen-bond acceptors (Lipinski definition) is 2. The summed E-state index contributed by atoms with van der Waals surface area (Å²) in [6, 6.07) is 9.85. The van der Waals surface area contributed by atoms with E-state index in [4.69, 9.17) is 5.11 Å². The SMILES string of the molecule is CC(C)(CC(=O)O)c1cnc2ccccc2c1. The molecule has 0 unspecified atom stereocenters. The van der Waals surface area contributed by atoms with Crippen LogP contribution in [0.1, 0.15) is 25.8 Å². The Morgan fingerprint density at radius 2 is 2.06 bits per heavy atom. The molecule has 1 aromatic carbocycles. The zero-order valence-electron chi connectivity index (χ0n) is 9.97. The number of nitrogens with zero attached hydrogens (tertiary/aromatic N) is 1. The monoisotopic (exact) mass is 229 g/mol. The minimum atomic E-state index is -0.789. The average Bonchev–Trinajstić information content (AvgIpc) is 2.26. The first kappa shape index (κ1) is 11.6. The molecule has 0 aliphatic rings. The molecular formula is C14H15NO2. The lowest BCUT2D eigenvalue weighted by molar-refractivity contribution is -0.138. The Morgan fingerprint density at radius 1 is 1.35 bits per heavy atom. The minimum Gasteiger partial charge on any atom is -0.481 e. The molecule has 0 atom stereocenters. The van der Waals surface area contributed by atoms with Crippen LogP contribution in [0.3, 0.4) is 0 Å². The van der Waals surface area contributed by atoms with Crippen LogP contribution < -0.4 is 0 Å². The maximum absolute atomic E-state index is 10.8. The van der Waals surface area contributed by atoms with E-state index in [1.807, 2.05) is 44.2 Å². The molecule has 0 aliphatic heterocycles. The summed E-state index contributed by atoms with van der Waals surface area (Å²) in [6.07, 6.45) is 1.87. The Labute approximate surface area is 100 Å². The second-order valence-corrected chi connectivity index (χ2v) is 4.87. The number of rotatable bonds is 3. The number of carboxylic acids is 1. The Morgan fingerprint density at radius 3 is 2.76 bits per heavy atom. The van der Waals surface area contributed by atoms with E-state index in [1.165, 1.54) is 0 Å². The van der Waals surface area contributed by atoms with Gasteiger partial charge in [0, 0.05) is 17.0 Å². The van der Waals surface area contributed by atoms with Gasteiger partial charge in [-0.25, -0.2) is 0 Å². The molecule has 3 heteroatoms. The molecule has 1 aromatic heterocycles. The molecule has 88 valence electrons. The Hall–Kier alpha value is -1.90. The van der Waals surface area contributed by atoms with Gasteiger partial charge in [-0.1, -0.05) is 32.0 Å². The number of carboxylic acid groups (broad SMARTS) is 1. The Kier molecular flexibility index (Phi) is 2.84. The first-order valence-corrected chi connectivity index (χ1v) is 5.56. The van der Waals surface area contributed by atoms with E-state index in [-0.39, 0.29) is 6.42 Å². The first-order valence-electron chi connectivity index (χ1n) is 5.56. The van der Waals surface area contributed by atoms with Crippen molar-refractivity contribution in [2.75, 3.05) is 0 Å². The fraction of sp³-hybridized carbons (Fsp3) is 0.286. The van der Waals surface area contributed by atoms with Crippen LogP contribution in [0.25, 0.3) is 10.9 Å². The highest BCUT2D eigenvalue weighted by atomic mass is 16.4. The van der Waals surface area contributed by atoms with Crippen LogP contribution in [-0.4, -0.2) is 16.1 Å². The number of para-hydroxylation sites is 1. The van der Waals surface area contributed by atoms with Crippen molar-refractivity contribution in [1.82, 2.24) is 4.98 Å². The van der Waals surface area contributed by atoms with Crippen LogP contribution in [-0.2, 0) is 10.2 Å². The summed E-state index contributed by atoms with van der Waals surface area (Å²) in [6.45, 7) is 3.85. The number of aromatic nitrogens is 1. The molecule has 17 heavy (non-hydrogen) atoms. The van der Waals surface area contributed by atoms with Crippen molar-refractivity contribution in [1.29, 1.82) is 0 Å². The van der Waals surface area contributed by atoms with Crippen LogP contribution in [0, 0.1) is 0 Å². The maximum atomic E-state index is 10.8. The number of carbonyl (C=O) groups is 1. The van der Waals surface area contributed by atoms with Crippen LogP contribution in [0.2, 0.25) is 0 Å². The molecule has 3 nitrogen and oxygen atoms in total. The third kappa shape index (κ3) is 2.44. The smallest absolute Gasteiger partial charge is 0.304 e. The number of aliphatic carboxylic acids is 1. The summed E-state index contributed by atoms with van der Waals surface area (Å²) in [4.78, 5) is 15.2. The van der Waals surface area contributed by atoms with Crippen LogP contribution in [0.15, 0.2) is 36.5 Å². The second kappa shape index (κ2) is 4.17. The Balaban J connectivity index is 2.45. The molecule has 1 heterocycles. The summed E-state index contributed by atoms with van der Waals surface area (Å²) in [7, 11) is 0. The highest BCUT2D eigenvalue weighted by molar-refractivity contribution is 5.79. The molecule has 0 aliphatic carbocycles. The summed E-state index contributed by atoms with van der Waals surface area (Å²) >= 11 is 0. The topological polar surface area (TPSA) is 50.2 Å². The van der Waals surface area contributed by atoms with Crippen molar-refractivity contribution in [3.8, 4) is 0 Å². The van der Waals surface area contributed by atoms with Gasteiger partial charge in [0.05, 0.1) is 11.9 Å². The molecule has 0 saturated carbocycles. The van der Waals surface area contributed by atoms with Crippen molar-refractivity contribution in [2.45, 2.75) is 25.7 Å². The van der Waals surface area contributed by atoms with Gasteiger partial charge >= 0.3 is 5.97 Å². The van der Waals surface area contributed by atoms with Gasteiger partial charge in [-0.15, -0.1) is 0 Å². The van der Waals surface area contributed by atoms with Gasteiger partial charge < -0.3 is 5.11 Å². The van der Waals surface area contributed by atoms with Gasteiger partial charge in [-0.2, -0.15) is 0 Å². The summed E-state index contributed by atoms with van der Waals surface area (Å²) in [5, 5.41) is 9.95. The second-order valence-electron chi connectivity index (χ2n) is 4.87. The van der Waals surface area contributed by atoms with Crippen molar-refractivity contribution >= 4 is 16.9 Å². The van der Waals surface area contributed by atoms with E-state index in [0.717, 1.165) is 16.5 Å². The van der Waals surface area contributed by atoms with Crippen LogP contribution in [0.5, 0.6) is 0 Å². The normalized spacial score (nSPS) is 11.6. The Bertz CT molecular complexity index is 561. The predicted octanol–water partition coefficient (Wildman–Crippen LogP) is 2.99. The van der Waals surface area contributed by atoms with Gasteiger partial charge in [0.1, 0.15) is 0 Å². The number of pyridine rings is 1. The van der Waals surface area contributed by atoms with Gasteiger partial charge in [-0.05, 0) is 17.7 Å². The molecule has 2 rings (SSSR count). The van der Waals surface area contributed by atoms with Gasteiger partial charge in [0.2, 0.25) is 0 Å². The minimum absolute atomic E-state index is 0.104. The quantitative estimate of drug-likeness (QED) is 0.880. The summed E-state index contributed by atoms with van der Waals surface area (Å²) in [5.74, 6) is -0.789. The van der Waals surface area contributed by atoms with Crippen molar-refractivity contribution < 1.29 is 9.90 Å². The molecule has 0 spiro atoms. The number of fused-ring (bicyclic) bond motifs is 1. The number of hydrogen-bond donors (Lipinski definition) is 1. The average molecular weight is 229 g/mol. The van der Waals surface area contributed by atoms with E-state index in [9.17, 15) is 4.79 Å². The molecule has 0 saturated heterocycles. The highest BCUT2D eigenvalue weighted by Crippen LogP contribution is 2.28. The lowest BCUT2D eigenvalue weighted by Crippen LogP contribution is -2.21. The molecule has 2 aromatic rings. The zero-order chi connectivity index (χ0) is 12.5. The van der Waals surface area contributed by atoms with Gasteiger partial charge in [0.25, 0.3) is 0 Å². The van der Waals surface area contributed by atoms with Crippen LogP contribution in [0.4, 0.5) is 0 Å². The van der Waals surface area contributed by atoms with E-state index >= 15 is 0 Å². The van der Waals surface area contributed by atoms with E-state index in [1.54, 1.807) is 6.20 Å². The van der Waals surface area contributed by atoms with Crippen molar-refractivity contribution in [3.63, 3.8) is 0 Å². The van der Waals surface area contributed by atoms with Gasteiger partial charge in [0.15, 0.2) is 0 Å². The van der Waals surface area contributed by atoms with E-state index in [2.05, 4.69) is 4.98 Å². The van der Waals surface area contributed by atoms with E-state index in [0.29, 0.717) is 0 Å². The fourth-order valence-corrected chi connectivity index (χ4v) is 1.92. The molecular weight excluding hydrogens is 214 g/mol. The van der Waals surface area contributed by atoms with Crippen molar-refractivity contribution in [3.05, 3.63) is 42.1 Å². The van der Waals surface area contributed by atoms with Gasteiger partial charge in [-0.3, -0.25) is 9.78 Å². The lowest BCUT2D eigenvalue weighted by atomic mass is 9.82. The third-order valence-corrected chi connectivity index (χ3v) is 2.97. The first-order chi connectivity index (χ1) is 7.99. The lowest BCUT2D eigenvalue weighted by Gasteiger charge is -2.22. The third-order valence-electron chi connectivity index (χ3n) is 2.97. The predicted molar refractivity (Wildman–Crippen MR) is 67.0 cm³/mol. The maximum Gasteiger partial charge on any atom is 0.304 e. The standard InChI is InChI=1S/C14H15NO2/c1-14(2,8-13(16)17)11-7-10-5-3-4-6-12(10)15-9-11/h3-7,9H,8H2,1-2H3,(H,16,17). The molecule has 1 N–H and O–H groups in total. The number of benzene rings is 1. The summed E-state index contributed by atoms with van der Waals surface area (Å²) < 4.78 is 0.